The first kappa shape index (κ1) is 17.1. The van der Waals surface area contributed by atoms with Crippen LogP contribution >= 0.6 is 0 Å². The summed E-state index contributed by atoms with van der Waals surface area (Å²) in [4.78, 5) is 6.86. The first-order valence-corrected chi connectivity index (χ1v) is 9.01. The Kier molecular flexibility index (Phi) is 4.70. The molecular formula is C20H22F2N4. The SMILES string of the molecule is CCn1c(CN2CCNCC2c2cccc(F)c2)nc2c(F)cccc21. The number of rotatable bonds is 4. The Morgan fingerprint density at radius 1 is 1.19 bits per heavy atom. The van der Waals surface area contributed by atoms with Gasteiger partial charge in [0.2, 0.25) is 0 Å². The van der Waals surface area contributed by atoms with Gasteiger partial charge in [-0.25, -0.2) is 13.8 Å². The van der Waals surface area contributed by atoms with Crippen LogP contribution in [0.2, 0.25) is 0 Å². The van der Waals surface area contributed by atoms with E-state index in [2.05, 4.69) is 19.8 Å². The third kappa shape index (κ3) is 3.10. The predicted octanol–water partition coefficient (Wildman–Crippen LogP) is 3.48. The molecule has 0 spiro atoms. The number of imidazole rings is 1. The molecule has 3 aromatic rings. The molecule has 1 saturated heterocycles. The lowest BCUT2D eigenvalue weighted by Crippen LogP contribution is -2.45. The molecule has 0 amide bonds. The molecule has 1 aliphatic heterocycles. The monoisotopic (exact) mass is 356 g/mol. The Morgan fingerprint density at radius 2 is 2.04 bits per heavy atom. The molecule has 0 bridgehead atoms. The van der Waals surface area contributed by atoms with Gasteiger partial charge in [-0.1, -0.05) is 18.2 Å². The zero-order valence-corrected chi connectivity index (χ0v) is 14.8. The number of hydrogen-bond acceptors (Lipinski definition) is 3. The number of aromatic nitrogens is 2. The lowest BCUT2D eigenvalue weighted by molar-refractivity contribution is 0.148. The Labute approximate surface area is 151 Å². The zero-order valence-electron chi connectivity index (χ0n) is 14.8. The normalized spacial score (nSPS) is 18.5. The smallest absolute Gasteiger partial charge is 0.151 e. The fourth-order valence-corrected chi connectivity index (χ4v) is 3.79. The number of piperazine rings is 1. The van der Waals surface area contributed by atoms with Crippen molar-refractivity contribution in [3.63, 3.8) is 0 Å². The van der Waals surface area contributed by atoms with Crippen molar-refractivity contribution in [2.75, 3.05) is 19.6 Å². The highest BCUT2D eigenvalue weighted by Gasteiger charge is 2.26. The van der Waals surface area contributed by atoms with Gasteiger partial charge in [-0.15, -0.1) is 0 Å². The molecule has 0 saturated carbocycles. The zero-order chi connectivity index (χ0) is 18.1. The third-order valence-corrected chi connectivity index (χ3v) is 5.06. The second-order valence-electron chi connectivity index (χ2n) is 6.63. The van der Waals surface area contributed by atoms with Crippen LogP contribution < -0.4 is 5.32 Å². The van der Waals surface area contributed by atoms with Crippen LogP contribution in [0.5, 0.6) is 0 Å². The van der Waals surface area contributed by atoms with Crippen LogP contribution in [0.15, 0.2) is 42.5 Å². The lowest BCUT2D eigenvalue weighted by atomic mass is 10.0. The highest BCUT2D eigenvalue weighted by Crippen LogP contribution is 2.26. The maximum Gasteiger partial charge on any atom is 0.151 e. The Morgan fingerprint density at radius 3 is 2.85 bits per heavy atom. The minimum atomic E-state index is -0.294. The average molecular weight is 356 g/mol. The summed E-state index contributed by atoms with van der Waals surface area (Å²) < 4.78 is 29.9. The topological polar surface area (TPSA) is 33.1 Å². The van der Waals surface area contributed by atoms with E-state index in [1.807, 2.05) is 19.1 Å². The minimum Gasteiger partial charge on any atom is -0.327 e. The van der Waals surface area contributed by atoms with Crippen molar-refractivity contribution < 1.29 is 8.78 Å². The summed E-state index contributed by atoms with van der Waals surface area (Å²) in [5.41, 5.74) is 2.18. The van der Waals surface area contributed by atoms with E-state index in [-0.39, 0.29) is 17.7 Å². The molecule has 1 N–H and O–H groups in total. The number of hydrogen-bond donors (Lipinski definition) is 1. The standard InChI is InChI=1S/C20H22F2N4/c1-2-26-17-8-4-7-16(22)20(17)24-19(26)13-25-10-9-23-12-18(25)14-5-3-6-15(21)11-14/h3-8,11,18,23H,2,9-10,12-13H2,1H3. The average Bonchev–Trinajstić information content (AvgIpc) is 3.01. The number of benzene rings is 2. The predicted molar refractivity (Wildman–Crippen MR) is 97.8 cm³/mol. The maximum absolute atomic E-state index is 14.1. The third-order valence-electron chi connectivity index (χ3n) is 5.06. The highest BCUT2D eigenvalue weighted by molar-refractivity contribution is 5.76. The molecule has 1 atom stereocenters. The molecular weight excluding hydrogens is 334 g/mol. The van der Waals surface area contributed by atoms with Gasteiger partial charge in [0.1, 0.15) is 17.2 Å². The van der Waals surface area contributed by atoms with E-state index in [1.54, 1.807) is 18.2 Å². The Bertz CT molecular complexity index is 921. The van der Waals surface area contributed by atoms with E-state index >= 15 is 0 Å². The van der Waals surface area contributed by atoms with Crippen LogP contribution in [-0.2, 0) is 13.1 Å². The maximum atomic E-state index is 14.1. The molecule has 0 aliphatic carbocycles. The van der Waals surface area contributed by atoms with Gasteiger partial charge in [0.25, 0.3) is 0 Å². The van der Waals surface area contributed by atoms with Gasteiger partial charge in [-0.05, 0) is 36.8 Å². The van der Waals surface area contributed by atoms with Crippen molar-refractivity contribution in [2.45, 2.75) is 26.1 Å². The van der Waals surface area contributed by atoms with E-state index < -0.39 is 0 Å². The molecule has 2 aromatic carbocycles. The molecule has 26 heavy (non-hydrogen) atoms. The number of aryl methyl sites for hydroxylation is 1. The highest BCUT2D eigenvalue weighted by atomic mass is 19.1. The van der Waals surface area contributed by atoms with Crippen LogP contribution in [0.3, 0.4) is 0 Å². The molecule has 1 aliphatic rings. The molecule has 136 valence electrons. The van der Waals surface area contributed by atoms with Gasteiger partial charge in [0.05, 0.1) is 12.1 Å². The number of para-hydroxylation sites is 1. The van der Waals surface area contributed by atoms with Crippen molar-refractivity contribution in [3.05, 3.63) is 65.5 Å². The molecule has 1 aromatic heterocycles. The summed E-state index contributed by atoms with van der Waals surface area (Å²) in [5.74, 6) is 0.324. The van der Waals surface area contributed by atoms with Gasteiger partial charge in [0.15, 0.2) is 5.82 Å². The van der Waals surface area contributed by atoms with Gasteiger partial charge in [-0.3, -0.25) is 4.90 Å². The molecule has 0 radical (unpaired) electrons. The van der Waals surface area contributed by atoms with Gasteiger partial charge in [-0.2, -0.15) is 0 Å². The fourth-order valence-electron chi connectivity index (χ4n) is 3.79. The van der Waals surface area contributed by atoms with Crippen LogP contribution in [0.1, 0.15) is 24.4 Å². The molecule has 6 heteroatoms. The first-order valence-electron chi connectivity index (χ1n) is 9.01. The Hall–Kier alpha value is -2.31. The van der Waals surface area contributed by atoms with Crippen molar-refractivity contribution in [1.82, 2.24) is 19.8 Å². The quantitative estimate of drug-likeness (QED) is 0.777. The fraction of sp³-hybridized carbons (Fsp3) is 0.350. The van der Waals surface area contributed by atoms with Crippen molar-refractivity contribution in [2.24, 2.45) is 0 Å². The summed E-state index contributed by atoms with van der Waals surface area (Å²) >= 11 is 0. The van der Waals surface area contributed by atoms with E-state index in [0.717, 1.165) is 43.1 Å². The molecule has 4 rings (SSSR count). The first-order chi connectivity index (χ1) is 12.7. The van der Waals surface area contributed by atoms with E-state index in [0.29, 0.717) is 12.1 Å². The minimum absolute atomic E-state index is 0.0643. The summed E-state index contributed by atoms with van der Waals surface area (Å²) in [5, 5.41) is 3.38. The number of halogens is 2. The number of fused-ring (bicyclic) bond motifs is 1. The van der Waals surface area contributed by atoms with Gasteiger partial charge < -0.3 is 9.88 Å². The summed E-state index contributed by atoms with van der Waals surface area (Å²) in [6.07, 6.45) is 0. The molecule has 2 heterocycles. The number of nitrogens with one attached hydrogen (secondary N) is 1. The van der Waals surface area contributed by atoms with Crippen LogP contribution in [0, 0.1) is 11.6 Å². The second-order valence-corrected chi connectivity index (χ2v) is 6.63. The summed E-state index contributed by atoms with van der Waals surface area (Å²) in [6.45, 7) is 5.82. The molecule has 1 fully saturated rings. The molecule has 1 unspecified atom stereocenters. The van der Waals surface area contributed by atoms with Crippen molar-refractivity contribution in [3.8, 4) is 0 Å². The van der Waals surface area contributed by atoms with Crippen molar-refractivity contribution in [1.29, 1.82) is 0 Å². The lowest BCUT2D eigenvalue weighted by Gasteiger charge is -2.36. The summed E-state index contributed by atoms with van der Waals surface area (Å²) in [6, 6.07) is 11.9. The van der Waals surface area contributed by atoms with Crippen LogP contribution in [-0.4, -0.2) is 34.1 Å². The Balaban J connectivity index is 1.68. The largest absolute Gasteiger partial charge is 0.327 e. The van der Waals surface area contributed by atoms with Gasteiger partial charge >= 0.3 is 0 Å². The van der Waals surface area contributed by atoms with Crippen LogP contribution in [0.4, 0.5) is 8.78 Å². The van der Waals surface area contributed by atoms with Crippen LogP contribution in [0.25, 0.3) is 11.0 Å². The van der Waals surface area contributed by atoms with E-state index in [1.165, 1.54) is 12.1 Å². The van der Waals surface area contributed by atoms with E-state index in [4.69, 9.17) is 0 Å². The molecule has 4 nitrogen and oxygen atoms in total. The van der Waals surface area contributed by atoms with E-state index in [9.17, 15) is 8.78 Å². The summed E-state index contributed by atoms with van der Waals surface area (Å²) in [7, 11) is 0. The number of nitrogens with zero attached hydrogens (tertiary/aromatic N) is 3. The van der Waals surface area contributed by atoms with Gasteiger partial charge in [0, 0.05) is 32.2 Å². The second kappa shape index (κ2) is 7.13. The van der Waals surface area contributed by atoms with Crippen molar-refractivity contribution >= 4 is 11.0 Å².